The van der Waals surface area contributed by atoms with Gasteiger partial charge in [-0.3, -0.25) is 0 Å². The second kappa shape index (κ2) is 4.07. The average molecular weight is 250 g/mol. The van der Waals surface area contributed by atoms with Gasteiger partial charge < -0.3 is 5.11 Å². The maximum atomic E-state index is 9.17. The zero-order valence-electron chi connectivity index (χ0n) is 8.46. The minimum atomic E-state index is 0.292. The average Bonchev–Trinajstić information content (AvgIpc) is 3.04. The molecule has 0 amide bonds. The fourth-order valence-electron chi connectivity index (χ4n) is 1.38. The molecule has 0 saturated heterocycles. The lowest BCUT2D eigenvalue weighted by molar-refractivity contribution is 0.475. The summed E-state index contributed by atoms with van der Waals surface area (Å²) in [5.41, 5.74) is 0. The van der Waals surface area contributed by atoms with E-state index in [1.807, 2.05) is 12.1 Å². The molecule has 0 bridgehead atoms. The first-order chi connectivity index (χ1) is 7.81. The van der Waals surface area contributed by atoms with E-state index < -0.39 is 0 Å². The van der Waals surface area contributed by atoms with Crippen molar-refractivity contribution in [2.75, 3.05) is 0 Å². The Morgan fingerprint density at radius 1 is 1.25 bits per heavy atom. The van der Waals surface area contributed by atoms with E-state index in [2.05, 4.69) is 9.36 Å². The Hall–Kier alpha value is -1.07. The maximum Gasteiger partial charge on any atom is 0.174 e. The van der Waals surface area contributed by atoms with Crippen LogP contribution in [-0.4, -0.2) is 14.5 Å². The summed E-state index contributed by atoms with van der Waals surface area (Å²) in [6.07, 6.45) is 2.47. The van der Waals surface area contributed by atoms with Gasteiger partial charge >= 0.3 is 0 Å². The van der Waals surface area contributed by atoms with Gasteiger partial charge in [-0.05, 0) is 48.6 Å². The first kappa shape index (κ1) is 10.1. The number of aromatic nitrogens is 2. The Kier molecular flexibility index (Phi) is 2.57. The van der Waals surface area contributed by atoms with Crippen molar-refractivity contribution in [3.63, 3.8) is 0 Å². The van der Waals surface area contributed by atoms with Gasteiger partial charge in [-0.2, -0.15) is 4.37 Å². The van der Waals surface area contributed by atoms with Crippen LogP contribution >= 0.6 is 23.3 Å². The highest BCUT2D eigenvalue weighted by atomic mass is 32.2. The quantitative estimate of drug-likeness (QED) is 0.908. The van der Waals surface area contributed by atoms with Crippen LogP contribution in [-0.2, 0) is 0 Å². The van der Waals surface area contributed by atoms with E-state index in [0.717, 1.165) is 15.1 Å². The van der Waals surface area contributed by atoms with Crippen LogP contribution in [0.25, 0.3) is 0 Å². The predicted molar refractivity (Wildman–Crippen MR) is 64.1 cm³/mol. The number of aromatic hydroxyl groups is 1. The number of phenolic OH excluding ortho intramolecular Hbond substituents is 1. The third-order valence-electron chi connectivity index (χ3n) is 2.41. The fourth-order valence-corrected chi connectivity index (χ4v) is 3.04. The minimum Gasteiger partial charge on any atom is -0.508 e. The van der Waals surface area contributed by atoms with Gasteiger partial charge in [0.1, 0.15) is 11.6 Å². The van der Waals surface area contributed by atoms with Crippen molar-refractivity contribution in [3.8, 4) is 5.75 Å². The molecule has 1 N–H and O–H groups in total. The molecule has 3 rings (SSSR count). The third kappa shape index (κ3) is 2.20. The predicted octanol–water partition coefficient (Wildman–Crippen LogP) is 3.27. The SMILES string of the molecule is Oc1ccc(Sc2nc(C3CC3)ns2)cc1. The van der Waals surface area contributed by atoms with Gasteiger partial charge in [0.2, 0.25) is 0 Å². The molecule has 0 spiro atoms. The number of hydrogen-bond acceptors (Lipinski definition) is 5. The summed E-state index contributed by atoms with van der Waals surface area (Å²) < 4.78 is 5.33. The molecule has 0 aliphatic heterocycles. The molecule has 82 valence electrons. The summed E-state index contributed by atoms with van der Waals surface area (Å²) in [5, 5.41) is 9.17. The molecular formula is C11H10N2OS2. The van der Waals surface area contributed by atoms with E-state index >= 15 is 0 Å². The van der Waals surface area contributed by atoms with Crippen molar-refractivity contribution in [1.29, 1.82) is 0 Å². The van der Waals surface area contributed by atoms with Gasteiger partial charge in [0, 0.05) is 10.8 Å². The highest BCUT2D eigenvalue weighted by Gasteiger charge is 2.27. The number of benzene rings is 1. The highest BCUT2D eigenvalue weighted by molar-refractivity contribution is 8.01. The van der Waals surface area contributed by atoms with Crippen molar-refractivity contribution in [2.45, 2.75) is 28.0 Å². The second-order valence-electron chi connectivity index (χ2n) is 3.79. The first-order valence-electron chi connectivity index (χ1n) is 5.12. The zero-order chi connectivity index (χ0) is 11.0. The number of phenols is 1. The summed E-state index contributed by atoms with van der Waals surface area (Å²) >= 11 is 3.05. The highest BCUT2D eigenvalue weighted by Crippen LogP contribution is 2.40. The summed E-state index contributed by atoms with van der Waals surface area (Å²) in [5.74, 6) is 1.91. The summed E-state index contributed by atoms with van der Waals surface area (Å²) in [6.45, 7) is 0. The molecule has 3 nitrogen and oxygen atoms in total. The molecule has 1 aromatic heterocycles. The Morgan fingerprint density at radius 2 is 2.00 bits per heavy atom. The van der Waals surface area contributed by atoms with Crippen LogP contribution in [0.4, 0.5) is 0 Å². The minimum absolute atomic E-state index is 0.292. The lowest BCUT2D eigenvalue weighted by Crippen LogP contribution is -1.80. The molecule has 5 heteroatoms. The second-order valence-corrected chi connectivity index (χ2v) is 5.86. The normalized spacial score (nSPS) is 15.2. The van der Waals surface area contributed by atoms with Crippen LogP contribution in [0.5, 0.6) is 5.75 Å². The molecule has 1 aromatic carbocycles. The van der Waals surface area contributed by atoms with Crippen LogP contribution in [0.15, 0.2) is 33.5 Å². The summed E-state index contributed by atoms with van der Waals surface area (Å²) in [4.78, 5) is 5.58. The van der Waals surface area contributed by atoms with E-state index in [0.29, 0.717) is 11.7 Å². The summed E-state index contributed by atoms with van der Waals surface area (Å²) in [6, 6.07) is 7.15. The maximum absolute atomic E-state index is 9.17. The largest absolute Gasteiger partial charge is 0.508 e. The topological polar surface area (TPSA) is 46.0 Å². The van der Waals surface area contributed by atoms with Crippen molar-refractivity contribution in [3.05, 3.63) is 30.1 Å². The van der Waals surface area contributed by atoms with Gasteiger partial charge in [0.15, 0.2) is 4.34 Å². The van der Waals surface area contributed by atoms with Crippen molar-refractivity contribution in [1.82, 2.24) is 9.36 Å². The van der Waals surface area contributed by atoms with E-state index in [-0.39, 0.29) is 0 Å². The number of hydrogen-bond donors (Lipinski definition) is 1. The molecule has 1 aliphatic carbocycles. The molecule has 2 aromatic rings. The zero-order valence-corrected chi connectivity index (χ0v) is 10.1. The van der Waals surface area contributed by atoms with Crippen LogP contribution in [0.3, 0.4) is 0 Å². The lowest BCUT2D eigenvalue weighted by atomic mass is 10.3. The monoisotopic (exact) mass is 250 g/mol. The third-order valence-corrected chi connectivity index (χ3v) is 4.18. The van der Waals surface area contributed by atoms with E-state index in [4.69, 9.17) is 0 Å². The molecule has 1 aliphatic rings. The summed E-state index contributed by atoms with van der Waals surface area (Å²) in [7, 11) is 0. The standard InChI is InChI=1S/C11H10N2OS2/c14-8-3-5-9(6-4-8)15-11-12-10(13-16-11)7-1-2-7/h3-7,14H,1-2H2. The van der Waals surface area contributed by atoms with Gasteiger partial charge in [-0.15, -0.1) is 0 Å². The Balaban J connectivity index is 1.75. The Morgan fingerprint density at radius 3 is 2.69 bits per heavy atom. The molecule has 1 fully saturated rings. The molecule has 16 heavy (non-hydrogen) atoms. The van der Waals surface area contributed by atoms with E-state index in [1.165, 1.54) is 24.4 Å². The molecule has 1 saturated carbocycles. The van der Waals surface area contributed by atoms with Crippen LogP contribution in [0.2, 0.25) is 0 Å². The van der Waals surface area contributed by atoms with Crippen LogP contribution in [0.1, 0.15) is 24.6 Å². The molecule has 0 unspecified atom stereocenters. The van der Waals surface area contributed by atoms with Gasteiger partial charge in [0.05, 0.1) is 0 Å². The lowest BCUT2D eigenvalue weighted by Gasteiger charge is -1.96. The van der Waals surface area contributed by atoms with Crippen LogP contribution < -0.4 is 0 Å². The van der Waals surface area contributed by atoms with Crippen molar-refractivity contribution >= 4 is 23.3 Å². The molecule has 0 atom stereocenters. The Bertz CT molecular complexity index is 491. The fraction of sp³-hybridized carbons (Fsp3) is 0.273. The smallest absolute Gasteiger partial charge is 0.174 e. The van der Waals surface area contributed by atoms with Crippen LogP contribution in [0, 0.1) is 0 Å². The van der Waals surface area contributed by atoms with E-state index in [9.17, 15) is 5.11 Å². The number of rotatable bonds is 3. The molecule has 0 radical (unpaired) electrons. The van der Waals surface area contributed by atoms with Gasteiger partial charge in [-0.25, -0.2) is 4.98 Å². The first-order valence-corrected chi connectivity index (χ1v) is 6.71. The van der Waals surface area contributed by atoms with Gasteiger partial charge in [0.25, 0.3) is 0 Å². The Labute approximate surface area is 102 Å². The van der Waals surface area contributed by atoms with E-state index in [1.54, 1.807) is 23.9 Å². The number of nitrogens with zero attached hydrogens (tertiary/aromatic N) is 2. The van der Waals surface area contributed by atoms with Crippen molar-refractivity contribution in [2.24, 2.45) is 0 Å². The van der Waals surface area contributed by atoms with Gasteiger partial charge in [-0.1, -0.05) is 11.8 Å². The molecular weight excluding hydrogens is 240 g/mol. The molecule has 1 heterocycles. The van der Waals surface area contributed by atoms with Crippen molar-refractivity contribution < 1.29 is 5.11 Å².